The summed E-state index contributed by atoms with van der Waals surface area (Å²) < 4.78 is 35.0. The molecule has 0 bridgehead atoms. The van der Waals surface area contributed by atoms with Gasteiger partial charge in [0.2, 0.25) is 11.7 Å². The molecule has 1 aromatic heterocycles. The van der Waals surface area contributed by atoms with Crippen LogP contribution in [0.3, 0.4) is 0 Å². The van der Waals surface area contributed by atoms with Crippen LogP contribution in [0.2, 0.25) is 5.02 Å². The SMILES string of the molecule is COc1ccc(-c2cnc(C(=O)Nc3ccc(C(=O)N4CCC(NC(=O)CCN(C)C)CC4)c(Cl)c3)n2C)c(F)c1F. The van der Waals surface area contributed by atoms with E-state index in [1.54, 1.807) is 11.0 Å². The summed E-state index contributed by atoms with van der Waals surface area (Å²) in [4.78, 5) is 45.9. The van der Waals surface area contributed by atoms with Gasteiger partial charge in [-0.3, -0.25) is 14.4 Å². The highest BCUT2D eigenvalue weighted by Gasteiger charge is 2.26. The standard InChI is InChI=1S/C29H33ClF2N6O4/c1-36(2)12-11-24(39)34-17-9-13-38(14-10-17)29(41)19-6-5-18(15-21(19)30)35-28(40)27-33-16-22(37(27)3)20-7-8-23(42-4)26(32)25(20)31/h5-8,15-17H,9-14H2,1-4H3,(H,34,39)(H,35,40). The van der Waals surface area contributed by atoms with Crippen molar-refractivity contribution in [2.24, 2.45) is 7.05 Å². The zero-order valence-electron chi connectivity index (χ0n) is 23.8. The minimum absolute atomic E-state index is 0.00211. The molecule has 0 saturated carbocycles. The molecule has 10 nitrogen and oxygen atoms in total. The number of likely N-dealkylation sites (tertiary alicyclic amines) is 1. The topological polar surface area (TPSA) is 109 Å². The third-order valence-electron chi connectivity index (χ3n) is 7.12. The molecule has 3 amide bonds. The number of nitrogens with zero attached hydrogens (tertiary/aromatic N) is 4. The van der Waals surface area contributed by atoms with Gasteiger partial charge in [0.15, 0.2) is 17.4 Å². The predicted octanol–water partition coefficient (Wildman–Crippen LogP) is 3.95. The number of rotatable bonds is 9. The van der Waals surface area contributed by atoms with Crippen LogP contribution in [0.15, 0.2) is 36.5 Å². The average Bonchev–Trinajstić information content (AvgIpc) is 3.34. The molecule has 0 unspecified atom stereocenters. The lowest BCUT2D eigenvalue weighted by Gasteiger charge is -2.32. The molecule has 0 radical (unpaired) electrons. The first kappa shape index (κ1) is 30.9. The highest BCUT2D eigenvalue weighted by atomic mass is 35.5. The molecule has 2 N–H and O–H groups in total. The van der Waals surface area contributed by atoms with Crippen molar-refractivity contribution in [3.8, 4) is 17.0 Å². The molecule has 1 aliphatic rings. The lowest BCUT2D eigenvalue weighted by molar-refractivity contribution is -0.122. The molecule has 2 aromatic carbocycles. The number of anilines is 1. The Labute approximate surface area is 247 Å². The van der Waals surface area contributed by atoms with Crippen molar-refractivity contribution in [1.29, 1.82) is 0 Å². The number of benzene rings is 2. The van der Waals surface area contributed by atoms with Gasteiger partial charge in [-0.05, 0) is 57.3 Å². The van der Waals surface area contributed by atoms with Crippen molar-refractivity contribution in [2.45, 2.75) is 25.3 Å². The first-order valence-corrected chi connectivity index (χ1v) is 13.8. The van der Waals surface area contributed by atoms with Gasteiger partial charge in [0.1, 0.15) is 0 Å². The third-order valence-corrected chi connectivity index (χ3v) is 7.44. The Morgan fingerprint density at radius 2 is 1.83 bits per heavy atom. The van der Waals surface area contributed by atoms with Gasteiger partial charge >= 0.3 is 0 Å². The maximum Gasteiger partial charge on any atom is 0.291 e. The van der Waals surface area contributed by atoms with Crippen LogP contribution >= 0.6 is 11.6 Å². The summed E-state index contributed by atoms with van der Waals surface area (Å²) in [5, 5.41) is 5.87. The van der Waals surface area contributed by atoms with Gasteiger partial charge in [-0.1, -0.05) is 11.6 Å². The van der Waals surface area contributed by atoms with Gasteiger partial charge in [-0.25, -0.2) is 9.37 Å². The van der Waals surface area contributed by atoms with E-state index in [0.29, 0.717) is 50.1 Å². The number of carbonyl (C=O) groups excluding carboxylic acids is 3. The summed E-state index contributed by atoms with van der Waals surface area (Å²) in [5.74, 6) is -3.39. The lowest BCUT2D eigenvalue weighted by atomic mass is 10.0. The largest absolute Gasteiger partial charge is 0.494 e. The van der Waals surface area contributed by atoms with Gasteiger partial charge in [0.05, 0.1) is 29.6 Å². The summed E-state index contributed by atoms with van der Waals surface area (Å²) in [6.45, 7) is 1.63. The van der Waals surface area contributed by atoms with E-state index in [-0.39, 0.29) is 45.7 Å². The number of aromatic nitrogens is 2. The smallest absolute Gasteiger partial charge is 0.291 e. The lowest BCUT2D eigenvalue weighted by Crippen LogP contribution is -2.46. The van der Waals surface area contributed by atoms with Crippen molar-refractivity contribution in [3.63, 3.8) is 0 Å². The second-order valence-corrected chi connectivity index (χ2v) is 10.7. The highest BCUT2D eigenvalue weighted by molar-refractivity contribution is 6.34. The Balaban J connectivity index is 1.38. The van der Waals surface area contributed by atoms with E-state index in [1.165, 1.54) is 49.2 Å². The van der Waals surface area contributed by atoms with Crippen molar-refractivity contribution < 1.29 is 27.9 Å². The van der Waals surface area contributed by atoms with E-state index in [0.717, 1.165) is 0 Å². The Bertz CT molecular complexity index is 1490. The van der Waals surface area contributed by atoms with Gasteiger partial charge in [0, 0.05) is 50.4 Å². The minimum Gasteiger partial charge on any atom is -0.494 e. The van der Waals surface area contributed by atoms with E-state index in [1.807, 2.05) is 19.0 Å². The van der Waals surface area contributed by atoms with Crippen LogP contribution in [0.1, 0.15) is 40.2 Å². The maximum atomic E-state index is 14.6. The summed E-state index contributed by atoms with van der Waals surface area (Å²) in [6, 6.07) is 7.21. The van der Waals surface area contributed by atoms with Crippen LogP contribution in [0, 0.1) is 11.6 Å². The predicted molar refractivity (Wildman–Crippen MR) is 155 cm³/mol. The molecule has 3 aromatic rings. The molecular weight excluding hydrogens is 570 g/mol. The molecule has 13 heteroatoms. The molecule has 0 aliphatic carbocycles. The van der Waals surface area contributed by atoms with Crippen LogP contribution in [0.4, 0.5) is 14.5 Å². The minimum atomic E-state index is -1.14. The molecule has 0 atom stereocenters. The van der Waals surface area contributed by atoms with Crippen LogP contribution in [-0.4, -0.2) is 84.0 Å². The number of halogens is 3. The van der Waals surface area contributed by atoms with Crippen molar-refractivity contribution >= 4 is 35.0 Å². The Kier molecular flexibility index (Phi) is 9.79. The molecular formula is C29H33ClF2N6O4. The van der Waals surface area contributed by atoms with E-state index in [2.05, 4.69) is 15.6 Å². The number of carbonyl (C=O) groups is 3. The zero-order valence-corrected chi connectivity index (χ0v) is 24.6. The Morgan fingerprint density at radius 3 is 2.48 bits per heavy atom. The fourth-order valence-electron chi connectivity index (χ4n) is 4.73. The van der Waals surface area contributed by atoms with E-state index in [9.17, 15) is 23.2 Å². The summed E-state index contributed by atoms with van der Waals surface area (Å²) in [7, 11) is 6.57. The highest BCUT2D eigenvalue weighted by Crippen LogP contribution is 2.30. The molecule has 42 heavy (non-hydrogen) atoms. The molecule has 4 rings (SSSR count). The second-order valence-electron chi connectivity index (χ2n) is 10.3. The van der Waals surface area contributed by atoms with Crippen molar-refractivity contribution in [2.75, 3.05) is 46.2 Å². The van der Waals surface area contributed by atoms with Crippen molar-refractivity contribution in [3.05, 3.63) is 64.6 Å². The van der Waals surface area contributed by atoms with Crippen LogP contribution in [0.5, 0.6) is 5.75 Å². The van der Waals surface area contributed by atoms with Gasteiger partial charge in [0.25, 0.3) is 11.8 Å². The number of hydrogen-bond donors (Lipinski definition) is 2. The van der Waals surface area contributed by atoms with Crippen LogP contribution < -0.4 is 15.4 Å². The van der Waals surface area contributed by atoms with Crippen LogP contribution in [-0.2, 0) is 11.8 Å². The maximum absolute atomic E-state index is 14.6. The number of hydrogen-bond acceptors (Lipinski definition) is 6. The number of ether oxygens (including phenoxy) is 1. The Morgan fingerprint density at radius 1 is 1.12 bits per heavy atom. The first-order chi connectivity index (χ1) is 20.0. The van der Waals surface area contributed by atoms with E-state index < -0.39 is 17.5 Å². The fraction of sp³-hybridized carbons (Fsp3) is 0.379. The van der Waals surface area contributed by atoms with Crippen LogP contribution in [0.25, 0.3) is 11.3 Å². The van der Waals surface area contributed by atoms with Gasteiger partial charge < -0.3 is 29.7 Å². The molecule has 1 saturated heterocycles. The summed E-state index contributed by atoms with van der Waals surface area (Å²) in [5.41, 5.74) is 0.727. The third kappa shape index (κ3) is 6.88. The average molecular weight is 603 g/mol. The molecule has 1 aliphatic heterocycles. The van der Waals surface area contributed by atoms with Crippen molar-refractivity contribution in [1.82, 2.24) is 24.7 Å². The number of amides is 3. The monoisotopic (exact) mass is 602 g/mol. The fourth-order valence-corrected chi connectivity index (χ4v) is 4.99. The first-order valence-electron chi connectivity index (χ1n) is 13.4. The second kappa shape index (κ2) is 13.3. The number of imidazole rings is 1. The zero-order chi connectivity index (χ0) is 30.6. The number of piperidine rings is 1. The quantitative estimate of drug-likeness (QED) is 0.384. The normalized spacial score (nSPS) is 13.8. The van der Waals surface area contributed by atoms with E-state index in [4.69, 9.17) is 16.3 Å². The molecule has 224 valence electrons. The summed E-state index contributed by atoms with van der Waals surface area (Å²) in [6.07, 6.45) is 2.98. The van der Waals surface area contributed by atoms with Gasteiger partial charge in [-0.2, -0.15) is 4.39 Å². The summed E-state index contributed by atoms with van der Waals surface area (Å²) >= 11 is 6.44. The molecule has 2 heterocycles. The van der Waals surface area contributed by atoms with Gasteiger partial charge in [-0.15, -0.1) is 0 Å². The molecule has 1 fully saturated rings. The Hall–Kier alpha value is -4.03. The van der Waals surface area contributed by atoms with E-state index >= 15 is 0 Å². The number of methoxy groups -OCH3 is 1. The number of nitrogens with one attached hydrogen (secondary N) is 2. The molecule has 0 spiro atoms.